The van der Waals surface area contributed by atoms with Crippen LogP contribution in [0.3, 0.4) is 0 Å². The van der Waals surface area contributed by atoms with Gasteiger partial charge in [-0.1, -0.05) is 32.9 Å². The number of hydrogen-bond acceptors (Lipinski definition) is 2. The molecule has 0 aliphatic carbocycles. The Bertz CT molecular complexity index is 503. The van der Waals surface area contributed by atoms with Crippen molar-refractivity contribution >= 4 is 23.2 Å². The van der Waals surface area contributed by atoms with E-state index in [1.165, 1.54) is 0 Å². The summed E-state index contributed by atoms with van der Waals surface area (Å²) in [5, 5.41) is 0. The molecule has 0 saturated carbocycles. The fourth-order valence-electron chi connectivity index (χ4n) is 2.02. The number of rotatable bonds is 0. The molecule has 0 unspecified atom stereocenters. The zero-order chi connectivity index (χ0) is 13.5. The van der Waals surface area contributed by atoms with Crippen LogP contribution in [-0.4, -0.2) is 25.4 Å². The molecule has 1 heterocycles. The second kappa shape index (κ2) is 4.12. The van der Waals surface area contributed by atoms with E-state index in [0.717, 1.165) is 11.4 Å². The van der Waals surface area contributed by atoms with Gasteiger partial charge in [0.15, 0.2) is 0 Å². The Morgan fingerprint density at radius 2 is 1.72 bits per heavy atom. The van der Waals surface area contributed by atoms with Gasteiger partial charge in [0.1, 0.15) is 6.54 Å². The number of carbonyl (C=O) groups is 2. The molecular formula is C14H18N2O2. The van der Waals surface area contributed by atoms with E-state index in [1.54, 1.807) is 16.8 Å². The summed E-state index contributed by atoms with van der Waals surface area (Å²) in [6.07, 6.45) is 0. The molecule has 1 aliphatic heterocycles. The molecule has 1 aliphatic rings. The van der Waals surface area contributed by atoms with Gasteiger partial charge in [0.05, 0.1) is 11.4 Å². The summed E-state index contributed by atoms with van der Waals surface area (Å²) >= 11 is 0. The van der Waals surface area contributed by atoms with E-state index in [0.29, 0.717) is 0 Å². The number of para-hydroxylation sites is 2. The van der Waals surface area contributed by atoms with Crippen LogP contribution < -0.4 is 9.80 Å². The van der Waals surface area contributed by atoms with Crippen LogP contribution in [0.5, 0.6) is 0 Å². The van der Waals surface area contributed by atoms with Gasteiger partial charge in [-0.2, -0.15) is 0 Å². The molecule has 0 atom stereocenters. The summed E-state index contributed by atoms with van der Waals surface area (Å²) in [6, 6.07) is 7.48. The Morgan fingerprint density at radius 1 is 1.17 bits per heavy atom. The summed E-state index contributed by atoms with van der Waals surface area (Å²) in [4.78, 5) is 27.5. The Hall–Kier alpha value is -1.84. The SMILES string of the molecule is CN1C(=O)CN(C(=O)C(C)(C)C)c2ccccc21. The average Bonchev–Trinajstić information content (AvgIpc) is 2.32. The van der Waals surface area contributed by atoms with Crippen molar-refractivity contribution in [1.29, 1.82) is 0 Å². The lowest BCUT2D eigenvalue weighted by Crippen LogP contribution is -2.49. The van der Waals surface area contributed by atoms with Crippen LogP contribution in [0.2, 0.25) is 0 Å². The first-order chi connectivity index (χ1) is 8.32. The minimum atomic E-state index is -0.497. The normalized spacial score (nSPS) is 15.7. The van der Waals surface area contributed by atoms with Gasteiger partial charge < -0.3 is 9.80 Å². The third-order valence-electron chi connectivity index (χ3n) is 3.09. The van der Waals surface area contributed by atoms with Crippen LogP contribution in [0, 0.1) is 5.41 Å². The number of hydrogen-bond donors (Lipinski definition) is 0. The Balaban J connectivity index is 2.49. The van der Waals surface area contributed by atoms with Gasteiger partial charge in [0.2, 0.25) is 11.8 Å². The molecule has 0 radical (unpaired) electrons. The van der Waals surface area contributed by atoms with Gasteiger partial charge in [-0.15, -0.1) is 0 Å². The third kappa shape index (κ3) is 1.98. The summed E-state index contributed by atoms with van der Waals surface area (Å²) in [5.74, 6) is -0.0947. The molecule has 1 aromatic rings. The summed E-state index contributed by atoms with van der Waals surface area (Å²) in [5.41, 5.74) is 1.09. The van der Waals surface area contributed by atoms with Gasteiger partial charge in [-0.25, -0.2) is 0 Å². The van der Waals surface area contributed by atoms with Crippen molar-refractivity contribution in [1.82, 2.24) is 0 Å². The summed E-state index contributed by atoms with van der Waals surface area (Å²) < 4.78 is 0. The van der Waals surface area contributed by atoms with Gasteiger partial charge in [0.25, 0.3) is 0 Å². The Morgan fingerprint density at radius 3 is 2.28 bits per heavy atom. The molecule has 0 saturated heterocycles. The second-order valence-corrected chi connectivity index (χ2v) is 5.58. The van der Waals surface area contributed by atoms with E-state index in [4.69, 9.17) is 0 Å². The zero-order valence-corrected chi connectivity index (χ0v) is 11.2. The maximum Gasteiger partial charge on any atom is 0.246 e. The minimum Gasteiger partial charge on any atom is -0.312 e. The predicted octanol–water partition coefficient (Wildman–Crippen LogP) is 2.04. The van der Waals surface area contributed by atoms with Gasteiger partial charge in [0, 0.05) is 12.5 Å². The van der Waals surface area contributed by atoms with Crippen LogP contribution in [0.15, 0.2) is 24.3 Å². The molecule has 96 valence electrons. The molecule has 4 nitrogen and oxygen atoms in total. The zero-order valence-electron chi connectivity index (χ0n) is 11.2. The number of carbonyl (C=O) groups excluding carboxylic acids is 2. The molecule has 18 heavy (non-hydrogen) atoms. The largest absolute Gasteiger partial charge is 0.312 e. The summed E-state index contributed by atoms with van der Waals surface area (Å²) in [7, 11) is 1.74. The van der Waals surface area contributed by atoms with Crippen LogP contribution in [0.4, 0.5) is 11.4 Å². The number of nitrogens with zero attached hydrogens (tertiary/aromatic N) is 2. The third-order valence-corrected chi connectivity index (χ3v) is 3.09. The monoisotopic (exact) mass is 246 g/mol. The van der Waals surface area contributed by atoms with E-state index in [1.807, 2.05) is 45.0 Å². The highest BCUT2D eigenvalue weighted by atomic mass is 16.2. The number of amides is 2. The highest BCUT2D eigenvalue weighted by Crippen LogP contribution is 2.34. The topological polar surface area (TPSA) is 40.6 Å². The second-order valence-electron chi connectivity index (χ2n) is 5.58. The minimum absolute atomic E-state index is 0.0311. The van der Waals surface area contributed by atoms with Crippen LogP contribution in [-0.2, 0) is 9.59 Å². The number of fused-ring (bicyclic) bond motifs is 1. The summed E-state index contributed by atoms with van der Waals surface area (Å²) in [6.45, 7) is 5.70. The van der Waals surface area contributed by atoms with Crippen LogP contribution >= 0.6 is 0 Å². The van der Waals surface area contributed by atoms with E-state index in [9.17, 15) is 9.59 Å². The molecule has 0 N–H and O–H groups in total. The highest BCUT2D eigenvalue weighted by Gasteiger charge is 2.35. The van der Waals surface area contributed by atoms with Crippen molar-refractivity contribution in [2.45, 2.75) is 20.8 Å². The molecule has 2 amide bonds. The van der Waals surface area contributed by atoms with Crippen LogP contribution in [0.25, 0.3) is 0 Å². The maximum atomic E-state index is 12.4. The molecular weight excluding hydrogens is 228 g/mol. The van der Waals surface area contributed by atoms with Crippen molar-refractivity contribution in [3.63, 3.8) is 0 Å². The van der Waals surface area contributed by atoms with E-state index < -0.39 is 5.41 Å². The van der Waals surface area contributed by atoms with Crippen molar-refractivity contribution in [3.05, 3.63) is 24.3 Å². The van der Waals surface area contributed by atoms with Gasteiger partial charge >= 0.3 is 0 Å². The molecule has 0 fully saturated rings. The molecule has 0 spiro atoms. The van der Waals surface area contributed by atoms with Crippen molar-refractivity contribution in [3.8, 4) is 0 Å². The first-order valence-corrected chi connectivity index (χ1v) is 6.00. The first kappa shape index (κ1) is 12.6. The van der Waals surface area contributed by atoms with Crippen molar-refractivity contribution in [2.75, 3.05) is 23.4 Å². The van der Waals surface area contributed by atoms with Gasteiger partial charge in [-0.05, 0) is 12.1 Å². The molecule has 0 aromatic heterocycles. The fourth-order valence-corrected chi connectivity index (χ4v) is 2.02. The van der Waals surface area contributed by atoms with Crippen molar-refractivity contribution < 1.29 is 9.59 Å². The van der Waals surface area contributed by atoms with E-state index >= 15 is 0 Å². The molecule has 1 aromatic carbocycles. The molecule has 0 bridgehead atoms. The number of benzene rings is 1. The van der Waals surface area contributed by atoms with Crippen molar-refractivity contribution in [2.24, 2.45) is 5.41 Å². The van der Waals surface area contributed by atoms with Gasteiger partial charge in [-0.3, -0.25) is 9.59 Å². The van der Waals surface area contributed by atoms with Crippen LogP contribution in [0.1, 0.15) is 20.8 Å². The lowest BCUT2D eigenvalue weighted by atomic mass is 9.93. The smallest absolute Gasteiger partial charge is 0.246 e. The average molecular weight is 246 g/mol. The number of likely N-dealkylation sites (N-methyl/N-ethyl adjacent to an activating group) is 1. The Kier molecular flexibility index (Phi) is 2.89. The van der Waals surface area contributed by atoms with E-state index in [-0.39, 0.29) is 18.4 Å². The first-order valence-electron chi connectivity index (χ1n) is 6.00. The molecule has 2 rings (SSSR count). The predicted molar refractivity (Wildman–Crippen MR) is 71.7 cm³/mol. The number of anilines is 2. The highest BCUT2D eigenvalue weighted by molar-refractivity contribution is 6.11. The lowest BCUT2D eigenvalue weighted by molar-refractivity contribution is -0.128. The Labute approximate surface area is 107 Å². The van der Waals surface area contributed by atoms with E-state index in [2.05, 4.69) is 0 Å². The lowest BCUT2D eigenvalue weighted by Gasteiger charge is -2.37. The maximum absolute atomic E-state index is 12.4. The fraction of sp³-hybridized carbons (Fsp3) is 0.429. The quantitative estimate of drug-likeness (QED) is 0.703. The molecule has 4 heteroatoms. The standard InChI is InChI=1S/C14H18N2O2/c1-14(2,3)13(18)16-9-12(17)15(4)10-7-5-6-8-11(10)16/h5-8H,9H2,1-4H3.